The van der Waals surface area contributed by atoms with Crippen molar-refractivity contribution < 1.29 is 9.53 Å². The Hall–Kier alpha value is -1.26. The van der Waals surface area contributed by atoms with Gasteiger partial charge in [0, 0.05) is 18.7 Å². The molecular weight excluding hydrogens is 258 g/mol. The number of hydrogen-bond donors (Lipinski definition) is 0. The molecule has 1 aromatic rings. The van der Waals surface area contributed by atoms with Gasteiger partial charge >= 0.3 is 0 Å². The van der Waals surface area contributed by atoms with Gasteiger partial charge in [-0.1, -0.05) is 29.9 Å². The number of thiocarbonyl (C=S) groups is 1. The summed E-state index contributed by atoms with van der Waals surface area (Å²) >= 11 is 5.35. The molecule has 3 nitrogen and oxygen atoms in total. The van der Waals surface area contributed by atoms with Crippen LogP contribution in [0.4, 0.5) is 0 Å². The molecule has 1 aliphatic heterocycles. The predicted octanol–water partition coefficient (Wildman–Crippen LogP) is 2.45. The molecule has 1 saturated heterocycles. The van der Waals surface area contributed by atoms with Crippen LogP contribution in [0.2, 0.25) is 0 Å². The van der Waals surface area contributed by atoms with E-state index in [9.17, 15) is 4.79 Å². The summed E-state index contributed by atoms with van der Waals surface area (Å²) in [6.45, 7) is 8.65. The molecule has 0 aliphatic carbocycles. The fourth-order valence-electron chi connectivity index (χ4n) is 2.56. The van der Waals surface area contributed by atoms with Gasteiger partial charge in [-0.25, -0.2) is 0 Å². The molecule has 19 heavy (non-hydrogen) atoms. The second-order valence-electron chi connectivity index (χ2n) is 5.01. The molecule has 1 aliphatic rings. The maximum Gasteiger partial charge on any atom is 0.220 e. The number of ketones is 1. The van der Waals surface area contributed by atoms with Crippen LogP contribution < -0.4 is 0 Å². The number of hydrogen-bond acceptors (Lipinski definition) is 3. The highest BCUT2D eigenvalue weighted by molar-refractivity contribution is 7.82. The molecule has 0 amide bonds. The minimum absolute atomic E-state index is 0.0353. The van der Waals surface area contributed by atoms with Gasteiger partial charge in [-0.15, -0.1) is 0 Å². The molecule has 2 rings (SSSR count). The van der Waals surface area contributed by atoms with E-state index in [1.807, 2.05) is 37.8 Å². The Bertz CT molecular complexity index is 496. The van der Waals surface area contributed by atoms with Crippen LogP contribution in [0.15, 0.2) is 12.1 Å². The van der Waals surface area contributed by atoms with Crippen molar-refractivity contribution in [1.29, 1.82) is 0 Å². The van der Waals surface area contributed by atoms with Crippen LogP contribution >= 0.6 is 12.2 Å². The highest BCUT2D eigenvalue weighted by Crippen LogP contribution is 2.18. The van der Waals surface area contributed by atoms with Crippen LogP contribution in [0.1, 0.15) is 27.0 Å². The number of Topliss-reactive ketones (excluding diaryl/α,β-unsaturated/α-hetero) is 1. The summed E-state index contributed by atoms with van der Waals surface area (Å²) in [7, 11) is 0. The summed E-state index contributed by atoms with van der Waals surface area (Å²) in [6.07, 6.45) is 0. The van der Waals surface area contributed by atoms with Gasteiger partial charge in [0.25, 0.3) is 0 Å². The van der Waals surface area contributed by atoms with Crippen LogP contribution in [0.5, 0.6) is 0 Å². The number of carbonyl (C=O) groups is 1. The zero-order valence-corrected chi connectivity index (χ0v) is 12.5. The quantitative estimate of drug-likeness (QED) is 0.613. The van der Waals surface area contributed by atoms with Gasteiger partial charge in [0.2, 0.25) is 5.78 Å². The summed E-state index contributed by atoms with van der Waals surface area (Å²) in [6, 6.07) is 4.06. The number of aryl methyl sites for hydroxylation is 3. The summed E-state index contributed by atoms with van der Waals surface area (Å²) in [5.41, 5.74) is 3.92. The van der Waals surface area contributed by atoms with Crippen molar-refractivity contribution in [2.75, 3.05) is 26.3 Å². The van der Waals surface area contributed by atoms with Gasteiger partial charge in [-0.3, -0.25) is 4.79 Å². The highest BCUT2D eigenvalue weighted by atomic mass is 32.1. The minimum atomic E-state index is -0.0353. The van der Waals surface area contributed by atoms with Crippen LogP contribution in [-0.4, -0.2) is 42.0 Å². The van der Waals surface area contributed by atoms with E-state index in [0.717, 1.165) is 16.7 Å². The topological polar surface area (TPSA) is 29.5 Å². The minimum Gasteiger partial charge on any atom is -0.378 e. The number of carbonyl (C=O) groups excluding carboxylic acids is 1. The molecule has 102 valence electrons. The Morgan fingerprint density at radius 2 is 1.68 bits per heavy atom. The molecule has 0 bridgehead atoms. The third kappa shape index (κ3) is 3.01. The molecule has 0 aromatic heterocycles. The lowest BCUT2D eigenvalue weighted by Gasteiger charge is -2.28. The van der Waals surface area contributed by atoms with Crippen molar-refractivity contribution in [3.05, 3.63) is 34.4 Å². The van der Waals surface area contributed by atoms with E-state index in [2.05, 4.69) is 0 Å². The van der Waals surface area contributed by atoms with E-state index in [1.54, 1.807) is 0 Å². The van der Waals surface area contributed by atoms with E-state index >= 15 is 0 Å². The molecule has 0 saturated carbocycles. The Balaban J connectivity index is 2.26. The van der Waals surface area contributed by atoms with Crippen LogP contribution in [0.3, 0.4) is 0 Å². The lowest BCUT2D eigenvalue weighted by Crippen LogP contribution is -2.43. The standard InChI is InChI=1S/C15H19NO2S/c1-10-8-11(2)13(12(3)9-10)14(17)15(19)16-4-6-18-7-5-16/h8-9H,4-7H2,1-3H3. The Morgan fingerprint density at radius 1 is 1.16 bits per heavy atom. The third-order valence-corrected chi connectivity index (χ3v) is 3.84. The Kier molecular flexibility index (Phi) is 4.32. The highest BCUT2D eigenvalue weighted by Gasteiger charge is 2.23. The van der Waals surface area contributed by atoms with Gasteiger partial charge in [0.15, 0.2) is 4.99 Å². The van der Waals surface area contributed by atoms with Crippen LogP contribution in [0, 0.1) is 20.8 Å². The Labute approximate surface area is 119 Å². The lowest BCUT2D eigenvalue weighted by molar-refractivity contribution is 0.0670. The lowest BCUT2D eigenvalue weighted by atomic mass is 9.96. The number of benzene rings is 1. The fraction of sp³-hybridized carbons (Fsp3) is 0.467. The van der Waals surface area contributed by atoms with Crippen LogP contribution in [0.25, 0.3) is 0 Å². The van der Waals surface area contributed by atoms with E-state index in [-0.39, 0.29) is 5.78 Å². The van der Waals surface area contributed by atoms with Gasteiger partial charge in [-0.05, 0) is 31.9 Å². The molecule has 1 heterocycles. The predicted molar refractivity (Wildman–Crippen MR) is 80.0 cm³/mol. The first kappa shape index (κ1) is 14.2. The van der Waals surface area contributed by atoms with Crippen molar-refractivity contribution in [2.24, 2.45) is 0 Å². The molecule has 0 N–H and O–H groups in total. The smallest absolute Gasteiger partial charge is 0.220 e. The molecule has 0 atom stereocenters. The maximum atomic E-state index is 12.6. The van der Waals surface area contributed by atoms with Gasteiger partial charge < -0.3 is 9.64 Å². The normalized spacial score (nSPS) is 15.4. The van der Waals surface area contributed by atoms with Crippen molar-refractivity contribution in [1.82, 2.24) is 4.90 Å². The SMILES string of the molecule is Cc1cc(C)c(C(=O)C(=S)N2CCOCC2)c(C)c1. The van der Waals surface area contributed by atoms with Gasteiger partial charge in [0.05, 0.1) is 13.2 Å². The molecule has 1 aromatic carbocycles. The second-order valence-corrected chi connectivity index (χ2v) is 5.39. The third-order valence-electron chi connectivity index (χ3n) is 3.40. The van der Waals surface area contributed by atoms with Crippen LogP contribution in [-0.2, 0) is 4.74 Å². The van der Waals surface area contributed by atoms with Gasteiger partial charge in [-0.2, -0.15) is 0 Å². The molecule has 4 heteroatoms. The zero-order chi connectivity index (χ0) is 14.0. The molecule has 1 fully saturated rings. The van der Waals surface area contributed by atoms with Crippen molar-refractivity contribution in [3.8, 4) is 0 Å². The molecule has 0 radical (unpaired) electrons. The van der Waals surface area contributed by atoms with E-state index in [4.69, 9.17) is 17.0 Å². The summed E-state index contributed by atoms with van der Waals surface area (Å²) in [5.74, 6) is -0.0353. The summed E-state index contributed by atoms with van der Waals surface area (Å²) in [4.78, 5) is 14.9. The zero-order valence-electron chi connectivity index (χ0n) is 11.7. The monoisotopic (exact) mass is 277 g/mol. The first-order valence-corrected chi connectivity index (χ1v) is 6.90. The number of ether oxygens (including phenoxy) is 1. The molecule has 0 unspecified atom stereocenters. The second kappa shape index (κ2) is 5.80. The van der Waals surface area contributed by atoms with Crippen molar-refractivity contribution in [2.45, 2.75) is 20.8 Å². The Morgan fingerprint density at radius 3 is 2.21 bits per heavy atom. The van der Waals surface area contributed by atoms with E-state index in [0.29, 0.717) is 31.3 Å². The fourth-order valence-corrected chi connectivity index (χ4v) is 2.84. The number of morpholine rings is 1. The molecule has 0 spiro atoms. The number of rotatable bonds is 2. The van der Waals surface area contributed by atoms with E-state index < -0.39 is 0 Å². The maximum absolute atomic E-state index is 12.6. The largest absolute Gasteiger partial charge is 0.378 e. The molecular formula is C15H19NO2S. The first-order chi connectivity index (χ1) is 9.00. The first-order valence-electron chi connectivity index (χ1n) is 6.50. The number of nitrogens with zero attached hydrogens (tertiary/aromatic N) is 1. The average Bonchev–Trinajstić information content (AvgIpc) is 2.37. The summed E-state index contributed by atoms with van der Waals surface area (Å²) in [5, 5.41) is 0. The van der Waals surface area contributed by atoms with Crippen molar-refractivity contribution >= 4 is 23.0 Å². The van der Waals surface area contributed by atoms with Gasteiger partial charge in [0.1, 0.15) is 0 Å². The summed E-state index contributed by atoms with van der Waals surface area (Å²) < 4.78 is 5.29. The van der Waals surface area contributed by atoms with E-state index in [1.165, 1.54) is 5.56 Å². The average molecular weight is 277 g/mol. The van der Waals surface area contributed by atoms with Crippen molar-refractivity contribution in [3.63, 3.8) is 0 Å².